The van der Waals surface area contributed by atoms with E-state index < -0.39 is 0 Å². The van der Waals surface area contributed by atoms with Crippen molar-refractivity contribution in [1.82, 2.24) is 20.3 Å². The molecule has 1 saturated heterocycles. The lowest BCUT2D eigenvalue weighted by atomic mass is 10.0. The number of hydrogen-bond acceptors (Lipinski definition) is 6. The molecule has 2 aliphatic heterocycles. The van der Waals surface area contributed by atoms with E-state index in [1.807, 2.05) is 73.6 Å². The summed E-state index contributed by atoms with van der Waals surface area (Å²) in [4.78, 5) is 19.6. The number of fused-ring (bicyclic) bond motifs is 1. The first-order valence-corrected chi connectivity index (χ1v) is 11.4. The molecule has 0 spiro atoms. The molecule has 3 heterocycles. The van der Waals surface area contributed by atoms with Gasteiger partial charge in [-0.15, -0.1) is 0 Å². The first kappa shape index (κ1) is 21.6. The molecule has 2 atom stereocenters. The molecular formula is C25H25ClN4O3. The predicted molar refractivity (Wildman–Crippen MR) is 125 cm³/mol. The van der Waals surface area contributed by atoms with Gasteiger partial charge in [-0.05, 0) is 50.1 Å². The number of ether oxygens (including phenoxy) is 1. The Kier molecular flexibility index (Phi) is 5.83. The summed E-state index contributed by atoms with van der Waals surface area (Å²) >= 11 is 6.37. The van der Waals surface area contributed by atoms with Gasteiger partial charge in [0.05, 0.1) is 24.2 Å². The normalized spacial score (nSPS) is 19.8. The van der Waals surface area contributed by atoms with Crippen molar-refractivity contribution in [2.75, 3.05) is 6.61 Å². The molecule has 5 rings (SSSR count). The summed E-state index contributed by atoms with van der Waals surface area (Å²) in [5.41, 5.74) is 6.09. The minimum atomic E-state index is -0.300. The fraction of sp³-hybridized carbons (Fsp3) is 0.280. The molecule has 2 aromatic carbocycles. The molecule has 3 aromatic rings. The minimum Gasteiger partial charge on any atom is -0.492 e. The summed E-state index contributed by atoms with van der Waals surface area (Å²) in [5, 5.41) is 2.44. The van der Waals surface area contributed by atoms with Crippen LogP contribution in [0.4, 0.5) is 0 Å². The number of aryl methyl sites for hydroxylation is 1. The lowest BCUT2D eigenvalue weighted by Crippen LogP contribution is -2.47. The van der Waals surface area contributed by atoms with Gasteiger partial charge in [-0.1, -0.05) is 35.9 Å². The van der Waals surface area contributed by atoms with Gasteiger partial charge in [-0.3, -0.25) is 4.79 Å². The standard InChI is InChI=1S/C25H25ClN4O3/c1-3-32-23-10-9-18(13-19(23)26)20-14-22-25(31)29(11-12-30(22)28-20)15-21-16(2)33-24(27-21)17-7-5-4-6-8-17/h4-13,20,22,28H,3,14-15H2,1-2H3. The smallest absolute Gasteiger partial charge is 0.251 e. The van der Waals surface area contributed by atoms with Crippen molar-refractivity contribution >= 4 is 17.5 Å². The Morgan fingerprint density at radius 3 is 2.79 bits per heavy atom. The first-order chi connectivity index (χ1) is 16.0. The van der Waals surface area contributed by atoms with Crippen molar-refractivity contribution in [1.29, 1.82) is 0 Å². The predicted octanol–water partition coefficient (Wildman–Crippen LogP) is 4.84. The fourth-order valence-electron chi connectivity index (χ4n) is 4.23. The van der Waals surface area contributed by atoms with Crippen molar-refractivity contribution in [3.8, 4) is 17.2 Å². The zero-order valence-electron chi connectivity index (χ0n) is 18.5. The van der Waals surface area contributed by atoms with Crippen molar-refractivity contribution in [3.05, 3.63) is 83.0 Å². The van der Waals surface area contributed by atoms with Crippen LogP contribution >= 0.6 is 11.6 Å². The number of carbonyl (C=O) groups excluding carboxylic acids is 1. The average Bonchev–Trinajstić information content (AvgIpc) is 3.42. The third kappa shape index (κ3) is 4.21. The highest BCUT2D eigenvalue weighted by Crippen LogP contribution is 2.35. The summed E-state index contributed by atoms with van der Waals surface area (Å²) in [7, 11) is 0. The van der Waals surface area contributed by atoms with Gasteiger partial charge in [-0.25, -0.2) is 10.4 Å². The van der Waals surface area contributed by atoms with E-state index in [4.69, 9.17) is 20.8 Å². The van der Waals surface area contributed by atoms with Crippen molar-refractivity contribution in [2.45, 2.75) is 38.9 Å². The SMILES string of the molecule is CCOc1ccc(C2CC3C(=O)N(Cc4nc(-c5ccccc5)oc4C)C=CN3N2)cc1Cl. The molecule has 170 valence electrons. The van der Waals surface area contributed by atoms with E-state index in [2.05, 4.69) is 10.4 Å². The number of carbonyl (C=O) groups is 1. The minimum absolute atomic E-state index is 0.0183. The molecule has 1 amide bonds. The summed E-state index contributed by atoms with van der Waals surface area (Å²) in [5.74, 6) is 1.96. The van der Waals surface area contributed by atoms with Crippen LogP contribution in [-0.4, -0.2) is 33.4 Å². The maximum atomic E-state index is 13.3. The fourth-order valence-corrected chi connectivity index (χ4v) is 4.47. The van der Waals surface area contributed by atoms with E-state index in [0.29, 0.717) is 42.0 Å². The second-order valence-electron chi connectivity index (χ2n) is 8.12. The maximum Gasteiger partial charge on any atom is 0.251 e. The monoisotopic (exact) mass is 464 g/mol. The van der Waals surface area contributed by atoms with Crippen LogP contribution in [0.2, 0.25) is 5.02 Å². The number of halogens is 1. The molecule has 0 aliphatic carbocycles. The molecule has 0 radical (unpaired) electrons. The lowest BCUT2D eigenvalue weighted by Gasteiger charge is -2.31. The Balaban J connectivity index is 1.29. The maximum absolute atomic E-state index is 13.3. The number of oxazole rings is 1. The molecule has 1 N–H and O–H groups in total. The molecule has 0 bridgehead atoms. The first-order valence-electron chi connectivity index (χ1n) is 11.0. The molecule has 2 unspecified atom stereocenters. The number of amides is 1. The Labute approximate surface area is 197 Å². The average molecular weight is 465 g/mol. The highest BCUT2D eigenvalue weighted by molar-refractivity contribution is 6.32. The molecule has 33 heavy (non-hydrogen) atoms. The zero-order chi connectivity index (χ0) is 22.9. The van der Waals surface area contributed by atoms with Crippen LogP contribution in [0.25, 0.3) is 11.5 Å². The van der Waals surface area contributed by atoms with Gasteiger partial charge >= 0.3 is 0 Å². The van der Waals surface area contributed by atoms with E-state index in [1.165, 1.54) is 0 Å². The largest absolute Gasteiger partial charge is 0.492 e. The number of rotatable bonds is 6. The summed E-state index contributed by atoms with van der Waals surface area (Å²) < 4.78 is 11.4. The summed E-state index contributed by atoms with van der Waals surface area (Å²) in [6, 6.07) is 15.2. The summed E-state index contributed by atoms with van der Waals surface area (Å²) in [6.45, 7) is 4.72. The number of hydrazine groups is 1. The highest BCUT2D eigenvalue weighted by Gasteiger charge is 2.40. The third-order valence-electron chi connectivity index (χ3n) is 5.97. The van der Waals surface area contributed by atoms with E-state index in [-0.39, 0.29) is 18.0 Å². The van der Waals surface area contributed by atoms with Crippen molar-refractivity contribution < 1.29 is 13.9 Å². The van der Waals surface area contributed by atoms with Crippen LogP contribution in [-0.2, 0) is 11.3 Å². The molecule has 8 heteroatoms. The second-order valence-corrected chi connectivity index (χ2v) is 8.52. The van der Waals surface area contributed by atoms with E-state index in [1.54, 1.807) is 11.1 Å². The van der Waals surface area contributed by atoms with Gasteiger partial charge in [0, 0.05) is 18.0 Å². The molecule has 0 saturated carbocycles. The quantitative estimate of drug-likeness (QED) is 0.563. The van der Waals surface area contributed by atoms with E-state index >= 15 is 0 Å². The number of nitrogens with zero attached hydrogens (tertiary/aromatic N) is 3. The number of aromatic nitrogens is 1. The second kappa shape index (κ2) is 8.92. The number of benzene rings is 2. The van der Waals surface area contributed by atoms with E-state index in [0.717, 1.165) is 16.8 Å². The highest BCUT2D eigenvalue weighted by atomic mass is 35.5. The Hall–Kier alpha value is -3.29. The van der Waals surface area contributed by atoms with Gasteiger partial charge in [0.1, 0.15) is 23.2 Å². The molecule has 1 fully saturated rings. The van der Waals surface area contributed by atoms with Gasteiger partial charge < -0.3 is 19.1 Å². The topological polar surface area (TPSA) is 70.8 Å². The van der Waals surface area contributed by atoms with Crippen LogP contribution in [0.15, 0.2) is 65.3 Å². The van der Waals surface area contributed by atoms with E-state index in [9.17, 15) is 4.79 Å². The van der Waals surface area contributed by atoms with Crippen LogP contribution in [0.3, 0.4) is 0 Å². The Morgan fingerprint density at radius 1 is 1.21 bits per heavy atom. The molecule has 1 aromatic heterocycles. The Morgan fingerprint density at radius 2 is 2.03 bits per heavy atom. The van der Waals surface area contributed by atoms with Crippen molar-refractivity contribution in [3.63, 3.8) is 0 Å². The molecule has 7 nitrogen and oxygen atoms in total. The zero-order valence-corrected chi connectivity index (χ0v) is 19.2. The van der Waals surface area contributed by atoms with Crippen LogP contribution in [0.5, 0.6) is 5.75 Å². The molecule has 2 aliphatic rings. The van der Waals surface area contributed by atoms with Crippen LogP contribution in [0.1, 0.15) is 36.4 Å². The Bertz CT molecular complexity index is 1190. The van der Waals surface area contributed by atoms with Crippen LogP contribution < -0.4 is 10.2 Å². The number of hydrogen-bond donors (Lipinski definition) is 1. The van der Waals surface area contributed by atoms with Crippen molar-refractivity contribution in [2.24, 2.45) is 0 Å². The molecular weight excluding hydrogens is 440 g/mol. The van der Waals surface area contributed by atoms with Gasteiger partial charge in [0.2, 0.25) is 5.89 Å². The lowest BCUT2D eigenvalue weighted by molar-refractivity contribution is -0.135. The van der Waals surface area contributed by atoms with Crippen LogP contribution in [0, 0.1) is 6.92 Å². The summed E-state index contributed by atoms with van der Waals surface area (Å²) in [6.07, 6.45) is 4.32. The number of nitrogens with one attached hydrogen (secondary N) is 1. The third-order valence-corrected chi connectivity index (χ3v) is 6.26. The van der Waals surface area contributed by atoms with Gasteiger partial charge in [0.25, 0.3) is 5.91 Å². The van der Waals surface area contributed by atoms with Gasteiger partial charge in [-0.2, -0.15) is 0 Å². The van der Waals surface area contributed by atoms with Gasteiger partial charge in [0.15, 0.2) is 0 Å².